The summed E-state index contributed by atoms with van der Waals surface area (Å²) in [5.74, 6) is 1.78. The van der Waals surface area contributed by atoms with Crippen molar-refractivity contribution in [2.24, 2.45) is 0 Å². The Morgan fingerprint density at radius 3 is 2.04 bits per heavy atom. The molecule has 0 amide bonds. The monoisotopic (exact) mass is 340 g/mol. The van der Waals surface area contributed by atoms with Crippen LogP contribution in [0.25, 0.3) is 0 Å². The van der Waals surface area contributed by atoms with Crippen LogP contribution in [0.15, 0.2) is 24.3 Å². The summed E-state index contributed by atoms with van der Waals surface area (Å²) in [7, 11) is 1.71. The Labute approximate surface area is 151 Å². The van der Waals surface area contributed by atoms with Crippen molar-refractivity contribution < 1.29 is 14.3 Å². The van der Waals surface area contributed by atoms with Gasteiger partial charge in [-0.1, -0.05) is 42.3 Å². The SMILES string of the molecule is CCc1cc(C)cc(Cc2cc(C)cc(C)c2OC)c1OCC(C)=O. The molecule has 0 bridgehead atoms. The van der Waals surface area contributed by atoms with E-state index in [4.69, 9.17) is 9.47 Å². The fourth-order valence-electron chi connectivity index (χ4n) is 3.35. The zero-order chi connectivity index (χ0) is 18.6. The largest absolute Gasteiger partial charge is 0.496 e. The van der Waals surface area contributed by atoms with Gasteiger partial charge >= 0.3 is 0 Å². The van der Waals surface area contributed by atoms with Gasteiger partial charge in [-0.05, 0) is 56.4 Å². The molecule has 0 heterocycles. The highest BCUT2D eigenvalue weighted by Crippen LogP contribution is 2.33. The number of aryl methyl sites for hydroxylation is 4. The van der Waals surface area contributed by atoms with Gasteiger partial charge in [-0.3, -0.25) is 4.79 Å². The Bertz CT molecular complexity index is 775. The van der Waals surface area contributed by atoms with E-state index in [1.165, 1.54) is 11.1 Å². The summed E-state index contributed by atoms with van der Waals surface area (Å²) in [5, 5.41) is 0. The molecule has 0 saturated carbocycles. The van der Waals surface area contributed by atoms with E-state index in [9.17, 15) is 4.79 Å². The number of hydrogen-bond donors (Lipinski definition) is 0. The molecule has 0 unspecified atom stereocenters. The highest BCUT2D eigenvalue weighted by atomic mass is 16.5. The smallest absolute Gasteiger partial charge is 0.167 e. The molecule has 25 heavy (non-hydrogen) atoms. The maximum atomic E-state index is 11.4. The van der Waals surface area contributed by atoms with Crippen LogP contribution in [0.2, 0.25) is 0 Å². The molecule has 2 rings (SSSR count). The number of carbonyl (C=O) groups excluding carboxylic acids is 1. The summed E-state index contributed by atoms with van der Waals surface area (Å²) >= 11 is 0. The number of ketones is 1. The lowest BCUT2D eigenvalue weighted by molar-refractivity contribution is -0.118. The maximum absolute atomic E-state index is 11.4. The van der Waals surface area contributed by atoms with Gasteiger partial charge in [0.2, 0.25) is 0 Å². The van der Waals surface area contributed by atoms with Crippen molar-refractivity contribution in [3.05, 3.63) is 57.6 Å². The lowest BCUT2D eigenvalue weighted by Crippen LogP contribution is -2.10. The van der Waals surface area contributed by atoms with Crippen LogP contribution in [0.3, 0.4) is 0 Å². The van der Waals surface area contributed by atoms with Gasteiger partial charge in [0.25, 0.3) is 0 Å². The molecule has 2 aromatic rings. The predicted octanol–water partition coefficient (Wildman–Crippen LogP) is 4.74. The Morgan fingerprint density at radius 1 is 0.920 bits per heavy atom. The molecule has 0 radical (unpaired) electrons. The minimum atomic E-state index is 0.0255. The Kier molecular flexibility index (Phi) is 6.24. The van der Waals surface area contributed by atoms with E-state index >= 15 is 0 Å². The van der Waals surface area contributed by atoms with Crippen LogP contribution in [0.4, 0.5) is 0 Å². The summed E-state index contributed by atoms with van der Waals surface area (Å²) in [6, 6.07) is 8.57. The standard InChI is InChI=1S/C22H28O3/c1-7-18-9-15(3)11-20(22(18)25-13-17(5)23)12-19-10-14(2)8-16(4)21(19)24-6/h8-11H,7,12-13H2,1-6H3. The van der Waals surface area contributed by atoms with E-state index < -0.39 is 0 Å². The molecule has 0 fully saturated rings. The third kappa shape index (κ3) is 4.62. The lowest BCUT2D eigenvalue weighted by atomic mass is 9.95. The van der Waals surface area contributed by atoms with Gasteiger partial charge in [-0.15, -0.1) is 0 Å². The van der Waals surface area contributed by atoms with Crippen molar-refractivity contribution in [2.75, 3.05) is 13.7 Å². The van der Waals surface area contributed by atoms with Crippen molar-refractivity contribution >= 4 is 5.78 Å². The van der Waals surface area contributed by atoms with Crippen LogP contribution >= 0.6 is 0 Å². The third-order valence-electron chi connectivity index (χ3n) is 4.27. The predicted molar refractivity (Wildman–Crippen MR) is 102 cm³/mol. The van der Waals surface area contributed by atoms with Crippen LogP contribution in [0.5, 0.6) is 11.5 Å². The number of benzene rings is 2. The molecular weight excluding hydrogens is 312 g/mol. The first-order chi connectivity index (χ1) is 11.8. The first kappa shape index (κ1) is 19.0. The van der Waals surface area contributed by atoms with Gasteiger partial charge < -0.3 is 9.47 Å². The van der Waals surface area contributed by atoms with Gasteiger partial charge in [0.15, 0.2) is 5.78 Å². The molecular formula is C22H28O3. The minimum Gasteiger partial charge on any atom is -0.496 e. The van der Waals surface area contributed by atoms with Gasteiger partial charge in [0, 0.05) is 6.42 Å². The van der Waals surface area contributed by atoms with Gasteiger partial charge in [0.05, 0.1) is 7.11 Å². The van der Waals surface area contributed by atoms with Gasteiger partial charge in [0.1, 0.15) is 18.1 Å². The Balaban J connectivity index is 2.51. The van der Waals surface area contributed by atoms with Crippen LogP contribution in [-0.2, 0) is 17.6 Å². The van der Waals surface area contributed by atoms with Crippen LogP contribution in [-0.4, -0.2) is 19.5 Å². The van der Waals surface area contributed by atoms with Crippen molar-refractivity contribution in [1.82, 2.24) is 0 Å². The van der Waals surface area contributed by atoms with Gasteiger partial charge in [-0.25, -0.2) is 0 Å². The van der Waals surface area contributed by atoms with E-state index in [0.717, 1.165) is 40.2 Å². The maximum Gasteiger partial charge on any atom is 0.167 e. The number of rotatable bonds is 7. The molecule has 0 spiro atoms. The van der Waals surface area contributed by atoms with Crippen molar-refractivity contribution in [1.29, 1.82) is 0 Å². The fourth-order valence-corrected chi connectivity index (χ4v) is 3.35. The summed E-state index contributed by atoms with van der Waals surface area (Å²) in [5.41, 5.74) is 6.92. The number of methoxy groups -OCH3 is 1. The second-order valence-corrected chi connectivity index (χ2v) is 6.71. The van der Waals surface area contributed by atoms with Crippen molar-refractivity contribution in [3.8, 4) is 11.5 Å². The Hall–Kier alpha value is -2.29. The summed E-state index contributed by atoms with van der Waals surface area (Å²) in [4.78, 5) is 11.4. The zero-order valence-electron chi connectivity index (χ0n) is 16.2. The lowest BCUT2D eigenvalue weighted by Gasteiger charge is -2.18. The number of Topliss-reactive ketones (excluding diaryl/α,β-unsaturated/α-hetero) is 1. The minimum absolute atomic E-state index is 0.0255. The molecule has 0 aromatic heterocycles. The molecule has 2 aromatic carbocycles. The van der Waals surface area contributed by atoms with Gasteiger partial charge in [-0.2, -0.15) is 0 Å². The molecule has 134 valence electrons. The fraction of sp³-hybridized carbons (Fsp3) is 0.409. The topological polar surface area (TPSA) is 35.5 Å². The molecule has 3 heteroatoms. The van der Waals surface area contributed by atoms with E-state index in [1.807, 2.05) is 0 Å². The molecule has 0 aliphatic carbocycles. The van der Waals surface area contributed by atoms with Crippen molar-refractivity contribution in [2.45, 2.75) is 47.5 Å². The van der Waals surface area contributed by atoms with E-state index in [1.54, 1.807) is 14.0 Å². The van der Waals surface area contributed by atoms with E-state index in [-0.39, 0.29) is 12.4 Å². The molecule has 0 aliphatic rings. The Morgan fingerprint density at radius 2 is 1.48 bits per heavy atom. The normalized spacial score (nSPS) is 10.6. The average Bonchev–Trinajstić information content (AvgIpc) is 2.52. The van der Waals surface area contributed by atoms with Crippen LogP contribution in [0.1, 0.15) is 47.2 Å². The zero-order valence-corrected chi connectivity index (χ0v) is 16.2. The quantitative estimate of drug-likeness (QED) is 0.730. The van der Waals surface area contributed by atoms with E-state index in [2.05, 4.69) is 52.0 Å². The molecule has 0 atom stereocenters. The first-order valence-corrected chi connectivity index (χ1v) is 8.74. The number of hydrogen-bond acceptors (Lipinski definition) is 3. The highest BCUT2D eigenvalue weighted by molar-refractivity contribution is 5.77. The average molecular weight is 340 g/mol. The van der Waals surface area contributed by atoms with Crippen molar-refractivity contribution in [3.63, 3.8) is 0 Å². The summed E-state index contributed by atoms with van der Waals surface area (Å²) in [6.45, 7) is 10.0. The molecule has 0 N–H and O–H groups in total. The third-order valence-corrected chi connectivity index (χ3v) is 4.27. The number of carbonyl (C=O) groups is 1. The van der Waals surface area contributed by atoms with E-state index in [0.29, 0.717) is 6.42 Å². The molecule has 3 nitrogen and oxygen atoms in total. The highest BCUT2D eigenvalue weighted by Gasteiger charge is 2.15. The number of ether oxygens (including phenoxy) is 2. The van der Waals surface area contributed by atoms with Crippen LogP contribution in [0, 0.1) is 20.8 Å². The van der Waals surface area contributed by atoms with Crippen LogP contribution < -0.4 is 9.47 Å². The second kappa shape index (κ2) is 8.19. The second-order valence-electron chi connectivity index (χ2n) is 6.71. The molecule has 0 saturated heterocycles. The first-order valence-electron chi connectivity index (χ1n) is 8.74. The summed E-state index contributed by atoms with van der Waals surface area (Å²) < 4.78 is 11.5. The molecule has 0 aliphatic heterocycles. The summed E-state index contributed by atoms with van der Waals surface area (Å²) in [6.07, 6.45) is 1.58.